The Morgan fingerprint density at radius 2 is 1.87 bits per heavy atom. The summed E-state index contributed by atoms with van der Waals surface area (Å²) in [5.41, 5.74) is 3.22. The van der Waals surface area contributed by atoms with E-state index in [2.05, 4.69) is 21.7 Å². The number of carbonyl (C=O) groups is 1. The predicted molar refractivity (Wildman–Crippen MR) is 96.0 cm³/mol. The van der Waals surface area contributed by atoms with E-state index >= 15 is 0 Å². The topological polar surface area (TPSA) is 54.0 Å². The Balaban J connectivity index is 1.44. The maximum atomic E-state index is 12.0. The second-order valence-electron chi connectivity index (χ2n) is 5.37. The van der Waals surface area contributed by atoms with Crippen LogP contribution in [0.25, 0.3) is 10.2 Å². The Morgan fingerprint density at radius 1 is 1.09 bits per heavy atom. The maximum Gasteiger partial charge on any atom is 0.224 e. The van der Waals surface area contributed by atoms with E-state index in [9.17, 15) is 4.79 Å². The van der Waals surface area contributed by atoms with Gasteiger partial charge in [0.2, 0.25) is 5.91 Å². The molecule has 0 bridgehead atoms. The summed E-state index contributed by atoms with van der Waals surface area (Å²) in [7, 11) is 0. The number of thiazole rings is 1. The minimum atomic E-state index is 0.0467. The van der Waals surface area contributed by atoms with Crippen LogP contribution in [0.5, 0.6) is 0 Å². The van der Waals surface area contributed by atoms with Gasteiger partial charge in [0.25, 0.3) is 0 Å². The summed E-state index contributed by atoms with van der Waals surface area (Å²) in [5, 5.41) is 7.08. The second kappa shape index (κ2) is 7.24. The first-order valence-electron chi connectivity index (χ1n) is 7.63. The fourth-order valence-electron chi connectivity index (χ4n) is 2.36. The number of rotatable bonds is 6. The van der Waals surface area contributed by atoms with Crippen LogP contribution in [0.3, 0.4) is 0 Å². The van der Waals surface area contributed by atoms with Gasteiger partial charge in [0.1, 0.15) is 0 Å². The first-order valence-corrected chi connectivity index (χ1v) is 8.44. The van der Waals surface area contributed by atoms with E-state index in [1.165, 1.54) is 4.70 Å². The van der Waals surface area contributed by atoms with Crippen molar-refractivity contribution in [2.45, 2.75) is 13.3 Å². The van der Waals surface area contributed by atoms with E-state index in [1.807, 2.05) is 49.4 Å². The van der Waals surface area contributed by atoms with Gasteiger partial charge in [0, 0.05) is 13.1 Å². The van der Waals surface area contributed by atoms with Crippen LogP contribution in [0.4, 0.5) is 5.13 Å². The van der Waals surface area contributed by atoms with Crippen LogP contribution in [0.2, 0.25) is 0 Å². The van der Waals surface area contributed by atoms with E-state index in [0.717, 1.165) is 21.8 Å². The second-order valence-corrected chi connectivity index (χ2v) is 6.40. The Labute approximate surface area is 139 Å². The number of nitrogens with zero attached hydrogens (tertiary/aromatic N) is 1. The molecular weight excluding hydrogens is 306 g/mol. The lowest BCUT2D eigenvalue weighted by molar-refractivity contribution is -0.120. The van der Waals surface area contributed by atoms with Crippen molar-refractivity contribution in [2.24, 2.45) is 0 Å². The van der Waals surface area contributed by atoms with Crippen LogP contribution < -0.4 is 10.6 Å². The third-order valence-corrected chi connectivity index (χ3v) is 4.62. The zero-order chi connectivity index (χ0) is 16.1. The minimum absolute atomic E-state index is 0.0467. The lowest BCUT2D eigenvalue weighted by Gasteiger charge is -2.07. The molecule has 0 aliphatic carbocycles. The van der Waals surface area contributed by atoms with Crippen LogP contribution in [0.1, 0.15) is 11.1 Å². The van der Waals surface area contributed by atoms with Crippen molar-refractivity contribution in [3.05, 3.63) is 59.7 Å². The van der Waals surface area contributed by atoms with Crippen molar-refractivity contribution < 1.29 is 4.79 Å². The average Bonchev–Trinajstić information content (AvgIpc) is 2.96. The number of hydrogen-bond acceptors (Lipinski definition) is 4. The SMILES string of the molecule is Cc1ccccc1CC(=O)NCCNc1nc2ccccc2s1. The number of carbonyl (C=O) groups excluding carboxylic acids is 1. The van der Waals surface area contributed by atoms with Gasteiger partial charge in [-0.15, -0.1) is 0 Å². The van der Waals surface area contributed by atoms with Gasteiger partial charge in [-0.2, -0.15) is 0 Å². The number of aromatic nitrogens is 1. The molecule has 1 heterocycles. The number of para-hydroxylation sites is 1. The van der Waals surface area contributed by atoms with Crippen LogP contribution in [-0.2, 0) is 11.2 Å². The third kappa shape index (κ3) is 4.07. The largest absolute Gasteiger partial charge is 0.360 e. The van der Waals surface area contributed by atoms with Gasteiger partial charge in [-0.25, -0.2) is 4.98 Å². The number of fused-ring (bicyclic) bond motifs is 1. The molecule has 0 spiro atoms. The molecule has 118 valence electrons. The molecule has 0 aliphatic heterocycles. The molecule has 4 nitrogen and oxygen atoms in total. The molecule has 1 amide bonds. The molecule has 2 N–H and O–H groups in total. The zero-order valence-corrected chi connectivity index (χ0v) is 13.8. The van der Waals surface area contributed by atoms with E-state index in [-0.39, 0.29) is 5.91 Å². The first-order chi connectivity index (χ1) is 11.2. The molecule has 3 aromatic rings. The molecule has 5 heteroatoms. The molecule has 3 rings (SSSR count). The van der Waals surface area contributed by atoms with Gasteiger partial charge in [0.05, 0.1) is 16.6 Å². The van der Waals surface area contributed by atoms with Crippen LogP contribution in [-0.4, -0.2) is 24.0 Å². The first kappa shape index (κ1) is 15.5. The lowest BCUT2D eigenvalue weighted by Crippen LogP contribution is -2.30. The quantitative estimate of drug-likeness (QED) is 0.683. The highest BCUT2D eigenvalue weighted by Crippen LogP contribution is 2.24. The van der Waals surface area contributed by atoms with Gasteiger partial charge >= 0.3 is 0 Å². The summed E-state index contributed by atoms with van der Waals surface area (Å²) in [6, 6.07) is 16.0. The molecular formula is C18H19N3OS. The van der Waals surface area contributed by atoms with Gasteiger partial charge in [-0.3, -0.25) is 4.79 Å². The fourth-order valence-corrected chi connectivity index (χ4v) is 3.25. The normalized spacial score (nSPS) is 10.7. The molecule has 1 aromatic heterocycles. The van der Waals surface area contributed by atoms with E-state index in [4.69, 9.17) is 0 Å². The van der Waals surface area contributed by atoms with Crippen molar-refractivity contribution in [1.82, 2.24) is 10.3 Å². The van der Waals surface area contributed by atoms with Gasteiger partial charge in [-0.05, 0) is 30.2 Å². The summed E-state index contributed by atoms with van der Waals surface area (Å²) in [4.78, 5) is 16.5. The molecule has 0 atom stereocenters. The van der Waals surface area contributed by atoms with Crippen molar-refractivity contribution in [3.8, 4) is 0 Å². The minimum Gasteiger partial charge on any atom is -0.360 e. The summed E-state index contributed by atoms with van der Waals surface area (Å²) < 4.78 is 1.17. The molecule has 0 unspecified atom stereocenters. The standard InChI is InChI=1S/C18H19N3OS/c1-13-6-2-3-7-14(13)12-17(22)19-10-11-20-18-21-15-8-4-5-9-16(15)23-18/h2-9H,10-12H2,1H3,(H,19,22)(H,20,21). The number of anilines is 1. The Bertz CT molecular complexity index is 780. The number of hydrogen-bond donors (Lipinski definition) is 2. The molecule has 0 aliphatic rings. The Kier molecular flexibility index (Phi) is 4.88. The van der Waals surface area contributed by atoms with Crippen molar-refractivity contribution in [2.75, 3.05) is 18.4 Å². The predicted octanol–water partition coefficient (Wildman–Crippen LogP) is 3.38. The summed E-state index contributed by atoms with van der Waals surface area (Å²) >= 11 is 1.63. The third-order valence-electron chi connectivity index (χ3n) is 3.63. The number of amides is 1. The number of nitrogens with one attached hydrogen (secondary N) is 2. The zero-order valence-electron chi connectivity index (χ0n) is 13.0. The van der Waals surface area contributed by atoms with E-state index in [1.54, 1.807) is 11.3 Å². The molecule has 0 fully saturated rings. The summed E-state index contributed by atoms with van der Waals surface area (Å²) in [5.74, 6) is 0.0467. The van der Waals surface area contributed by atoms with Gasteiger partial charge in [-0.1, -0.05) is 47.7 Å². The van der Waals surface area contributed by atoms with Gasteiger partial charge < -0.3 is 10.6 Å². The van der Waals surface area contributed by atoms with E-state index < -0.39 is 0 Å². The number of benzene rings is 2. The smallest absolute Gasteiger partial charge is 0.224 e. The van der Waals surface area contributed by atoms with Gasteiger partial charge in [0.15, 0.2) is 5.13 Å². The van der Waals surface area contributed by atoms with Crippen LogP contribution >= 0.6 is 11.3 Å². The molecule has 0 saturated carbocycles. The number of aryl methyl sites for hydroxylation is 1. The van der Waals surface area contributed by atoms with Crippen LogP contribution in [0, 0.1) is 6.92 Å². The van der Waals surface area contributed by atoms with E-state index in [0.29, 0.717) is 19.5 Å². The molecule has 0 radical (unpaired) electrons. The highest BCUT2D eigenvalue weighted by molar-refractivity contribution is 7.22. The molecule has 0 saturated heterocycles. The highest BCUT2D eigenvalue weighted by Gasteiger charge is 2.05. The monoisotopic (exact) mass is 325 g/mol. The lowest BCUT2D eigenvalue weighted by atomic mass is 10.1. The van der Waals surface area contributed by atoms with Crippen molar-refractivity contribution in [1.29, 1.82) is 0 Å². The molecule has 2 aromatic carbocycles. The Hall–Kier alpha value is -2.40. The summed E-state index contributed by atoms with van der Waals surface area (Å²) in [6.07, 6.45) is 0.424. The van der Waals surface area contributed by atoms with Crippen LogP contribution in [0.15, 0.2) is 48.5 Å². The summed E-state index contributed by atoms with van der Waals surface area (Å²) in [6.45, 7) is 3.28. The maximum absolute atomic E-state index is 12.0. The average molecular weight is 325 g/mol. The molecule has 23 heavy (non-hydrogen) atoms. The fraction of sp³-hybridized carbons (Fsp3) is 0.222. The van der Waals surface area contributed by atoms with Crippen molar-refractivity contribution in [3.63, 3.8) is 0 Å². The van der Waals surface area contributed by atoms with Crippen molar-refractivity contribution >= 4 is 32.6 Å². The Morgan fingerprint density at radius 3 is 2.70 bits per heavy atom. The highest BCUT2D eigenvalue weighted by atomic mass is 32.1.